The summed E-state index contributed by atoms with van der Waals surface area (Å²) in [5, 5.41) is 9.08. The molecule has 2 heterocycles. The van der Waals surface area contributed by atoms with Crippen LogP contribution in [0.5, 0.6) is 0 Å². The van der Waals surface area contributed by atoms with Gasteiger partial charge in [-0.1, -0.05) is 19.9 Å². The van der Waals surface area contributed by atoms with Gasteiger partial charge in [0.2, 0.25) is 0 Å². The van der Waals surface area contributed by atoms with Crippen molar-refractivity contribution in [3.63, 3.8) is 0 Å². The highest BCUT2D eigenvalue weighted by atomic mass is 127. The number of nitrogens with one attached hydrogen (secondary N) is 2. The fourth-order valence-electron chi connectivity index (χ4n) is 3.11. The van der Waals surface area contributed by atoms with Crippen LogP contribution in [0.15, 0.2) is 22.5 Å². The second kappa shape index (κ2) is 12.2. The first-order valence-corrected chi connectivity index (χ1v) is 10.3. The van der Waals surface area contributed by atoms with Gasteiger partial charge in [0.1, 0.15) is 0 Å². The summed E-state index contributed by atoms with van der Waals surface area (Å²) in [5.41, 5.74) is 0.115. The van der Waals surface area contributed by atoms with Crippen molar-refractivity contribution in [1.82, 2.24) is 20.4 Å². The van der Waals surface area contributed by atoms with Crippen molar-refractivity contribution in [2.45, 2.75) is 32.1 Å². The smallest absolute Gasteiger partial charge is 0.191 e. The summed E-state index contributed by atoms with van der Waals surface area (Å²) in [5.74, 6) is 0.903. The van der Waals surface area contributed by atoms with Gasteiger partial charge in [-0.05, 0) is 51.0 Å². The van der Waals surface area contributed by atoms with Gasteiger partial charge in [-0.3, -0.25) is 4.99 Å². The normalized spacial score (nSPS) is 17.5. The number of likely N-dealkylation sites (N-methyl/N-ethyl adjacent to an activating group) is 1. The molecule has 2 rings (SSSR count). The van der Waals surface area contributed by atoms with E-state index in [2.05, 4.69) is 63.8 Å². The van der Waals surface area contributed by atoms with E-state index in [0.29, 0.717) is 0 Å². The third kappa shape index (κ3) is 8.10. The largest absolute Gasteiger partial charge is 0.356 e. The minimum Gasteiger partial charge on any atom is -0.356 e. The molecule has 2 N–H and O–H groups in total. The molecular formula is C19H36IN5S. The first-order chi connectivity index (χ1) is 12.0. The van der Waals surface area contributed by atoms with Crippen LogP contribution in [0.4, 0.5) is 0 Å². The summed E-state index contributed by atoms with van der Waals surface area (Å²) in [4.78, 5) is 10.8. The summed E-state index contributed by atoms with van der Waals surface area (Å²) >= 11 is 1.82. The lowest BCUT2D eigenvalue weighted by Crippen LogP contribution is -2.44. The van der Waals surface area contributed by atoms with Gasteiger partial charge in [-0.15, -0.1) is 35.3 Å². The Labute approximate surface area is 180 Å². The highest BCUT2D eigenvalue weighted by molar-refractivity contribution is 14.0. The van der Waals surface area contributed by atoms with Crippen LogP contribution < -0.4 is 10.6 Å². The van der Waals surface area contributed by atoms with Gasteiger partial charge in [0.05, 0.1) is 0 Å². The Morgan fingerprint density at radius 3 is 2.73 bits per heavy atom. The molecule has 0 spiro atoms. The molecule has 7 heteroatoms. The standard InChI is InChI=1S/C19H35N5S.HI/c1-19(2,17-8-5-15-25-17)16-22-18(20-3)21-9-6-11-24-12-7-10-23(4)13-14-24;/h5,8,15H,6-7,9-14,16H2,1-4H3,(H2,20,21,22);1H. The average Bonchev–Trinajstić information content (AvgIpc) is 3.06. The van der Waals surface area contributed by atoms with Crippen LogP contribution in [0.2, 0.25) is 0 Å². The fraction of sp³-hybridized carbons (Fsp3) is 0.737. The number of nitrogens with zero attached hydrogens (tertiary/aromatic N) is 3. The summed E-state index contributed by atoms with van der Waals surface area (Å²) < 4.78 is 0. The quantitative estimate of drug-likeness (QED) is 0.266. The monoisotopic (exact) mass is 493 g/mol. The summed E-state index contributed by atoms with van der Waals surface area (Å²) in [6.07, 6.45) is 2.43. The molecule has 1 aromatic rings. The Morgan fingerprint density at radius 2 is 2.04 bits per heavy atom. The Hall–Kier alpha value is -0.380. The zero-order valence-corrected chi connectivity index (χ0v) is 19.9. The van der Waals surface area contributed by atoms with Crippen LogP contribution in [-0.2, 0) is 5.41 Å². The zero-order valence-electron chi connectivity index (χ0n) is 16.8. The van der Waals surface area contributed by atoms with Gasteiger partial charge in [-0.25, -0.2) is 0 Å². The third-order valence-corrected chi connectivity index (χ3v) is 6.10. The number of hydrogen-bond donors (Lipinski definition) is 2. The lowest BCUT2D eigenvalue weighted by molar-refractivity contribution is 0.274. The Morgan fingerprint density at radius 1 is 1.23 bits per heavy atom. The molecule has 0 atom stereocenters. The molecule has 1 aromatic heterocycles. The van der Waals surface area contributed by atoms with Crippen LogP contribution in [0.25, 0.3) is 0 Å². The lowest BCUT2D eigenvalue weighted by Gasteiger charge is -2.25. The van der Waals surface area contributed by atoms with Crippen molar-refractivity contribution < 1.29 is 0 Å². The molecule has 1 aliphatic heterocycles. The molecule has 0 unspecified atom stereocenters. The number of hydrogen-bond acceptors (Lipinski definition) is 4. The zero-order chi connectivity index (χ0) is 18.1. The van der Waals surface area contributed by atoms with E-state index in [0.717, 1.165) is 25.5 Å². The number of rotatable bonds is 7. The van der Waals surface area contributed by atoms with Crippen molar-refractivity contribution in [3.8, 4) is 0 Å². The van der Waals surface area contributed by atoms with Crippen molar-refractivity contribution in [1.29, 1.82) is 0 Å². The molecule has 5 nitrogen and oxygen atoms in total. The molecule has 0 radical (unpaired) electrons. The highest BCUT2D eigenvalue weighted by Crippen LogP contribution is 2.26. The van der Waals surface area contributed by atoms with E-state index in [1.54, 1.807) is 0 Å². The van der Waals surface area contributed by atoms with Gasteiger partial charge >= 0.3 is 0 Å². The second-order valence-corrected chi connectivity index (χ2v) is 8.51. The molecule has 26 heavy (non-hydrogen) atoms. The van der Waals surface area contributed by atoms with Gasteiger partial charge < -0.3 is 20.4 Å². The Kier molecular flexibility index (Phi) is 11.1. The minimum atomic E-state index is 0. The van der Waals surface area contributed by atoms with E-state index >= 15 is 0 Å². The molecule has 1 aliphatic rings. The topological polar surface area (TPSA) is 42.9 Å². The summed E-state index contributed by atoms with van der Waals surface area (Å²) in [6.45, 7) is 12.4. The molecule has 0 bridgehead atoms. The molecule has 0 aliphatic carbocycles. The van der Waals surface area contributed by atoms with Crippen LogP contribution in [-0.4, -0.2) is 75.7 Å². The van der Waals surface area contributed by atoms with E-state index in [9.17, 15) is 0 Å². The van der Waals surface area contributed by atoms with Gasteiger partial charge in [0.15, 0.2) is 5.96 Å². The molecule has 0 amide bonds. The van der Waals surface area contributed by atoms with Gasteiger partial charge in [0, 0.05) is 43.5 Å². The summed E-state index contributed by atoms with van der Waals surface area (Å²) in [7, 11) is 4.07. The maximum absolute atomic E-state index is 4.36. The molecular weight excluding hydrogens is 457 g/mol. The van der Waals surface area contributed by atoms with Crippen LogP contribution in [0.3, 0.4) is 0 Å². The van der Waals surface area contributed by atoms with Crippen LogP contribution >= 0.6 is 35.3 Å². The van der Waals surface area contributed by atoms with E-state index < -0.39 is 0 Å². The Balaban J connectivity index is 0.00000338. The molecule has 0 saturated carbocycles. The first-order valence-electron chi connectivity index (χ1n) is 9.41. The lowest BCUT2D eigenvalue weighted by atomic mass is 9.91. The Bertz CT molecular complexity index is 518. The third-order valence-electron chi connectivity index (χ3n) is 4.87. The van der Waals surface area contributed by atoms with Gasteiger partial charge in [-0.2, -0.15) is 0 Å². The summed E-state index contributed by atoms with van der Waals surface area (Å²) in [6, 6.07) is 4.33. The maximum Gasteiger partial charge on any atom is 0.191 e. The van der Waals surface area contributed by atoms with E-state index in [4.69, 9.17) is 0 Å². The van der Waals surface area contributed by atoms with Gasteiger partial charge in [0.25, 0.3) is 0 Å². The number of guanidine groups is 1. The fourth-order valence-corrected chi connectivity index (χ4v) is 3.96. The molecule has 1 saturated heterocycles. The van der Waals surface area contributed by atoms with Crippen molar-refractivity contribution >= 4 is 41.3 Å². The average molecular weight is 494 g/mol. The number of thiophene rings is 1. The van der Waals surface area contributed by atoms with Crippen molar-refractivity contribution in [2.75, 3.05) is 59.9 Å². The van der Waals surface area contributed by atoms with E-state index in [-0.39, 0.29) is 29.4 Å². The molecule has 150 valence electrons. The van der Waals surface area contributed by atoms with Crippen molar-refractivity contribution in [2.24, 2.45) is 4.99 Å². The second-order valence-electron chi connectivity index (χ2n) is 7.57. The predicted molar refractivity (Wildman–Crippen MR) is 125 cm³/mol. The maximum atomic E-state index is 4.36. The first kappa shape index (κ1) is 23.7. The predicted octanol–water partition coefficient (Wildman–Crippen LogP) is 2.84. The van der Waals surface area contributed by atoms with E-state index in [1.807, 2.05) is 18.4 Å². The van der Waals surface area contributed by atoms with Crippen LogP contribution in [0, 0.1) is 0 Å². The van der Waals surface area contributed by atoms with Crippen molar-refractivity contribution in [3.05, 3.63) is 22.4 Å². The minimum absolute atomic E-state index is 0. The number of aliphatic imine (C=N–C) groups is 1. The molecule has 1 fully saturated rings. The SMILES string of the molecule is CN=C(NCCCN1CCCN(C)CC1)NCC(C)(C)c1cccs1.I. The van der Waals surface area contributed by atoms with E-state index in [1.165, 1.54) is 44.0 Å². The highest BCUT2D eigenvalue weighted by Gasteiger charge is 2.21. The number of halogens is 1. The van der Waals surface area contributed by atoms with Crippen LogP contribution in [0.1, 0.15) is 31.6 Å². The molecule has 0 aromatic carbocycles.